The first-order valence-electron chi connectivity index (χ1n) is 9.30. The molecular formula is C21H23N3O3S. The second-order valence-electron chi connectivity index (χ2n) is 7.63. The predicted molar refractivity (Wildman–Crippen MR) is 109 cm³/mol. The zero-order valence-electron chi connectivity index (χ0n) is 16.4. The maximum atomic E-state index is 13.0. The molecule has 1 unspecified atom stereocenters. The number of rotatable bonds is 3. The number of aromatic nitrogens is 2. The molecule has 0 saturated carbocycles. The highest BCUT2D eigenvalue weighted by atomic mass is 32.1. The van der Waals surface area contributed by atoms with Crippen molar-refractivity contribution in [2.24, 2.45) is 0 Å². The fourth-order valence-corrected chi connectivity index (χ4v) is 4.23. The van der Waals surface area contributed by atoms with E-state index in [1.54, 1.807) is 0 Å². The van der Waals surface area contributed by atoms with Crippen molar-refractivity contribution in [1.29, 1.82) is 0 Å². The molecule has 4 rings (SSSR count). The summed E-state index contributed by atoms with van der Waals surface area (Å²) in [5.74, 6) is 0.906. The summed E-state index contributed by atoms with van der Waals surface area (Å²) in [6, 6.07) is 5.80. The lowest BCUT2D eigenvalue weighted by Gasteiger charge is -2.36. The molecule has 1 aliphatic rings. The van der Waals surface area contributed by atoms with E-state index in [0.29, 0.717) is 25.1 Å². The minimum Gasteiger partial charge on any atom is -0.507 e. The molecule has 0 aliphatic carbocycles. The number of fused-ring (bicyclic) bond motifs is 2. The molecule has 7 heteroatoms. The van der Waals surface area contributed by atoms with Crippen molar-refractivity contribution >= 4 is 28.7 Å². The number of phenolic OH excluding ortho intramolecular Hbond substituents is 1. The Morgan fingerprint density at radius 2 is 1.96 bits per heavy atom. The summed E-state index contributed by atoms with van der Waals surface area (Å²) >= 11 is 1.18. The van der Waals surface area contributed by atoms with Crippen molar-refractivity contribution in [1.82, 2.24) is 14.1 Å². The standard InChI is InChI=1S/C21H23N3O3S/c1-11-12(2)19-15(13(3)18(11)25)7-8-21(4,27-19)20(26)22-10-14-5-6-16-17(9-14)24-28-23-16/h5-6,9,25H,7-8,10H2,1-4H3,(H,22,26). The lowest BCUT2D eigenvalue weighted by molar-refractivity contribution is -0.137. The first-order valence-corrected chi connectivity index (χ1v) is 10.0. The van der Waals surface area contributed by atoms with Gasteiger partial charge in [0.1, 0.15) is 22.5 Å². The Kier molecular flexibility index (Phi) is 4.50. The highest BCUT2D eigenvalue weighted by Crippen LogP contribution is 2.43. The zero-order valence-corrected chi connectivity index (χ0v) is 17.2. The Balaban J connectivity index is 1.53. The highest BCUT2D eigenvalue weighted by molar-refractivity contribution is 7.00. The van der Waals surface area contributed by atoms with Crippen LogP contribution in [0.4, 0.5) is 0 Å². The Bertz CT molecular complexity index is 1090. The van der Waals surface area contributed by atoms with E-state index in [0.717, 1.165) is 44.6 Å². The smallest absolute Gasteiger partial charge is 0.264 e. The molecule has 1 atom stereocenters. The molecule has 0 fully saturated rings. The molecule has 3 aromatic rings. The first-order chi connectivity index (χ1) is 13.3. The average molecular weight is 398 g/mol. The lowest BCUT2D eigenvalue weighted by atomic mass is 9.86. The van der Waals surface area contributed by atoms with Gasteiger partial charge in [0, 0.05) is 18.5 Å². The van der Waals surface area contributed by atoms with Crippen LogP contribution < -0.4 is 10.1 Å². The van der Waals surface area contributed by atoms with Crippen molar-refractivity contribution in [2.45, 2.75) is 52.7 Å². The number of nitrogens with one attached hydrogen (secondary N) is 1. The van der Waals surface area contributed by atoms with Crippen LogP contribution in [0.5, 0.6) is 11.5 Å². The molecule has 2 aromatic carbocycles. The molecule has 1 aromatic heterocycles. The van der Waals surface area contributed by atoms with Gasteiger partial charge in [-0.1, -0.05) is 6.07 Å². The first kappa shape index (κ1) is 18.7. The Morgan fingerprint density at radius 3 is 2.75 bits per heavy atom. The number of hydrogen-bond acceptors (Lipinski definition) is 6. The SMILES string of the molecule is Cc1c(C)c2c(c(C)c1O)CCC(C)(C(=O)NCc1ccc3nsnc3c1)O2. The molecule has 0 saturated heterocycles. The molecule has 1 aliphatic heterocycles. The van der Waals surface area contributed by atoms with Gasteiger partial charge in [0.05, 0.1) is 11.7 Å². The van der Waals surface area contributed by atoms with E-state index in [2.05, 4.69) is 14.1 Å². The van der Waals surface area contributed by atoms with Crippen LogP contribution >= 0.6 is 11.7 Å². The van der Waals surface area contributed by atoms with Crippen LogP contribution in [0.3, 0.4) is 0 Å². The van der Waals surface area contributed by atoms with Gasteiger partial charge in [-0.15, -0.1) is 0 Å². The van der Waals surface area contributed by atoms with E-state index in [-0.39, 0.29) is 5.91 Å². The van der Waals surface area contributed by atoms with Crippen LogP contribution in [0.2, 0.25) is 0 Å². The second kappa shape index (κ2) is 6.74. The maximum absolute atomic E-state index is 13.0. The van der Waals surface area contributed by atoms with Crippen LogP contribution in [0.1, 0.15) is 41.2 Å². The molecular weight excluding hydrogens is 374 g/mol. The number of phenols is 1. The molecule has 28 heavy (non-hydrogen) atoms. The largest absolute Gasteiger partial charge is 0.507 e. The number of hydrogen-bond donors (Lipinski definition) is 2. The van der Waals surface area contributed by atoms with Crippen LogP contribution in [-0.4, -0.2) is 25.4 Å². The topological polar surface area (TPSA) is 84.3 Å². The molecule has 0 bridgehead atoms. The molecule has 146 valence electrons. The highest BCUT2D eigenvalue weighted by Gasteiger charge is 2.40. The fraction of sp³-hybridized carbons (Fsp3) is 0.381. The minimum atomic E-state index is -0.945. The van der Waals surface area contributed by atoms with Crippen molar-refractivity contribution in [3.8, 4) is 11.5 Å². The van der Waals surface area contributed by atoms with E-state index >= 15 is 0 Å². The van der Waals surface area contributed by atoms with Crippen LogP contribution in [0, 0.1) is 20.8 Å². The van der Waals surface area contributed by atoms with E-state index in [1.165, 1.54) is 11.7 Å². The number of benzene rings is 2. The quantitative estimate of drug-likeness (QED) is 0.704. The van der Waals surface area contributed by atoms with Crippen LogP contribution in [-0.2, 0) is 17.8 Å². The molecule has 1 amide bonds. The summed E-state index contributed by atoms with van der Waals surface area (Å²) in [5, 5.41) is 13.3. The lowest BCUT2D eigenvalue weighted by Crippen LogP contribution is -2.50. The molecule has 2 N–H and O–H groups in total. The number of ether oxygens (including phenoxy) is 1. The van der Waals surface area contributed by atoms with Crippen LogP contribution in [0.25, 0.3) is 11.0 Å². The summed E-state index contributed by atoms with van der Waals surface area (Å²) in [6.45, 7) is 7.93. The Morgan fingerprint density at radius 1 is 1.21 bits per heavy atom. The summed E-state index contributed by atoms with van der Waals surface area (Å²) < 4.78 is 14.7. The van der Waals surface area contributed by atoms with Gasteiger partial charge in [-0.05, 0) is 68.5 Å². The van der Waals surface area contributed by atoms with Gasteiger partial charge in [-0.2, -0.15) is 8.75 Å². The third-order valence-electron chi connectivity index (χ3n) is 5.77. The summed E-state index contributed by atoms with van der Waals surface area (Å²) in [5.41, 5.74) is 5.25. The average Bonchev–Trinajstić information content (AvgIpc) is 3.16. The van der Waals surface area contributed by atoms with E-state index in [4.69, 9.17) is 4.74 Å². The Labute approximate surface area is 167 Å². The number of carbonyl (C=O) groups is 1. The van der Waals surface area contributed by atoms with Crippen molar-refractivity contribution in [3.05, 3.63) is 46.0 Å². The number of aromatic hydroxyl groups is 1. The fourth-order valence-electron chi connectivity index (χ4n) is 3.71. The van der Waals surface area contributed by atoms with E-state index in [1.807, 2.05) is 45.9 Å². The van der Waals surface area contributed by atoms with Crippen LogP contribution in [0.15, 0.2) is 18.2 Å². The molecule has 0 spiro atoms. The van der Waals surface area contributed by atoms with Gasteiger partial charge in [0.25, 0.3) is 5.91 Å². The summed E-state index contributed by atoms with van der Waals surface area (Å²) in [6.07, 6.45) is 1.25. The summed E-state index contributed by atoms with van der Waals surface area (Å²) in [7, 11) is 0. The van der Waals surface area contributed by atoms with Crippen molar-refractivity contribution in [2.75, 3.05) is 0 Å². The van der Waals surface area contributed by atoms with Gasteiger partial charge >= 0.3 is 0 Å². The minimum absolute atomic E-state index is 0.141. The monoisotopic (exact) mass is 397 g/mol. The molecule has 6 nitrogen and oxygen atoms in total. The second-order valence-corrected chi connectivity index (χ2v) is 8.16. The number of carbonyl (C=O) groups excluding carboxylic acids is 1. The summed E-state index contributed by atoms with van der Waals surface area (Å²) in [4.78, 5) is 13.0. The van der Waals surface area contributed by atoms with Gasteiger partial charge in [0.2, 0.25) is 0 Å². The van der Waals surface area contributed by atoms with E-state index < -0.39 is 5.60 Å². The van der Waals surface area contributed by atoms with Gasteiger partial charge in [0.15, 0.2) is 5.60 Å². The van der Waals surface area contributed by atoms with Gasteiger partial charge in [-0.3, -0.25) is 4.79 Å². The third kappa shape index (κ3) is 2.99. The van der Waals surface area contributed by atoms with Gasteiger partial charge < -0.3 is 15.2 Å². The van der Waals surface area contributed by atoms with Crippen molar-refractivity contribution < 1.29 is 14.6 Å². The Hall–Kier alpha value is -2.67. The molecule has 2 heterocycles. The maximum Gasteiger partial charge on any atom is 0.264 e. The normalized spacial score (nSPS) is 18.6. The van der Waals surface area contributed by atoms with E-state index in [9.17, 15) is 9.90 Å². The third-order valence-corrected chi connectivity index (χ3v) is 6.33. The molecule has 0 radical (unpaired) electrons. The number of amides is 1. The van der Waals surface area contributed by atoms with Crippen molar-refractivity contribution in [3.63, 3.8) is 0 Å². The van der Waals surface area contributed by atoms with Gasteiger partial charge in [-0.25, -0.2) is 0 Å². The predicted octanol–water partition coefficient (Wildman–Crippen LogP) is 3.72. The zero-order chi connectivity index (χ0) is 20.1. The number of nitrogens with zero attached hydrogens (tertiary/aromatic N) is 2.